The maximum atomic E-state index is 7.29. The second kappa shape index (κ2) is 19.5. The van der Waals surface area contributed by atoms with Gasteiger partial charge in [-0.1, -0.05) is 222 Å². The van der Waals surface area contributed by atoms with Gasteiger partial charge >= 0.3 is 0 Å². The Hall–Kier alpha value is -6.68. The van der Waals surface area contributed by atoms with Crippen LogP contribution in [0.1, 0.15) is 118 Å². The van der Waals surface area contributed by atoms with Crippen LogP contribution in [0, 0.1) is 29.6 Å². The molecule has 0 bridgehead atoms. The molecule has 0 saturated carbocycles. The molecule has 5 nitrogen and oxygen atoms in total. The van der Waals surface area contributed by atoms with Crippen molar-refractivity contribution in [3.8, 4) is 28.4 Å². The van der Waals surface area contributed by atoms with Crippen LogP contribution in [-0.2, 0) is 37.3 Å². The van der Waals surface area contributed by atoms with Gasteiger partial charge in [-0.15, -0.1) is 53.8 Å². The molecule has 6 heteroatoms. The van der Waals surface area contributed by atoms with Crippen molar-refractivity contribution in [3.05, 3.63) is 234 Å². The fourth-order valence-corrected chi connectivity index (χ4v) is 10.8. The van der Waals surface area contributed by atoms with Gasteiger partial charge in [-0.3, -0.25) is 0 Å². The van der Waals surface area contributed by atoms with E-state index in [0.717, 1.165) is 55.7 Å². The summed E-state index contributed by atoms with van der Waals surface area (Å²) in [5.41, 5.74) is 13.4. The molecule has 380 valence electrons. The number of nitrogens with zero attached hydrogens (tertiary/aromatic N) is 4. The number of ether oxygens (including phenoxy) is 1. The molecule has 10 rings (SSSR count). The van der Waals surface area contributed by atoms with Gasteiger partial charge in [0, 0.05) is 77.6 Å². The first-order valence-electron chi connectivity index (χ1n) is 25.8. The van der Waals surface area contributed by atoms with Gasteiger partial charge in [0.2, 0.25) is 0 Å². The monoisotopic (exact) mass is 1150 g/mol. The van der Waals surface area contributed by atoms with E-state index in [9.17, 15) is 0 Å². The maximum Gasteiger partial charge on any atom is 0.135 e. The minimum absolute atomic E-state index is 0. The summed E-state index contributed by atoms with van der Waals surface area (Å²) in [6.45, 7) is 32.2. The summed E-state index contributed by atoms with van der Waals surface area (Å²) < 4.78 is 9.56. The fourth-order valence-electron chi connectivity index (χ4n) is 10.8. The van der Waals surface area contributed by atoms with E-state index in [4.69, 9.17) is 9.72 Å². The number of rotatable bonds is 10. The normalized spacial score (nSPS) is 13.7. The number of fused-ring (bicyclic) bond motifs is 3. The van der Waals surface area contributed by atoms with Crippen molar-refractivity contribution in [1.29, 1.82) is 0 Å². The molecule has 0 fully saturated rings. The predicted molar refractivity (Wildman–Crippen MR) is 306 cm³/mol. The van der Waals surface area contributed by atoms with E-state index in [1.165, 1.54) is 33.6 Å². The van der Waals surface area contributed by atoms with Crippen LogP contribution in [-0.4, -0.2) is 9.55 Å². The molecule has 0 atom stereocenters. The Kier molecular flexibility index (Phi) is 13.8. The summed E-state index contributed by atoms with van der Waals surface area (Å²) in [6.07, 6.45) is 1.93. The molecule has 9 aromatic rings. The Labute approximate surface area is 455 Å². The van der Waals surface area contributed by atoms with Crippen LogP contribution in [0.4, 0.5) is 11.4 Å². The zero-order valence-electron chi connectivity index (χ0n) is 45.3. The minimum Gasteiger partial charge on any atom is -0.509 e. The van der Waals surface area contributed by atoms with Crippen molar-refractivity contribution in [1.82, 2.24) is 9.55 Å². The van der Waals surface area contributed by atoms with Gasteiger partial charge in [0.25, 0.3) is 0 Å². The number of allylic oxidation sites excluding steroid dienone is 2. The molecule has 1 aliphatic rings. The molecular formula is C68H69N4OPt-3. The smallest absolute Gasteiger partial charge is 0.135 e. The number of hydrogen-bond acceptors (Lipinski definition) is 4. The summed E-state index contributed by atoms with van der Waals surface area (Å²) in [5, 5.41) is 2.27. The second-order valence-electron chi connectivity index (χ2n) is 23.9. The zero-order valence-corrected chi connectivity index (χ0v) is 47.6. The Morgan fingerprint density at radius 3 is 1.68 bits per heavy atom. The van der Waals surface area contributed by atoms with E-state index >= 15 is 0 Å². The molecule has 2 aromatic heterocycles. The van der Waals surface area contributed by atoms with Crippen LogP contribution in [0.5, 0.6) is 11.5 Å². The molecule has 0 radical (unpaired) electrons. The summed E-state index contributed by atoms with van der Waals surface area (Å²) in [5.74, 6) is 2.03. The van der Waals surface area contributed by atoms with Crippen molar-refractivity contribution in [3.63, 3.8) is 0 Å². The van der Waals surface area contributed by atoms with E-state index in [-0.39, 0.29) is 42.7 Å². The Balaban J connectivity index is 0.00000672. The van der Waals surface area contributed by atoms with Gasteiger partial charge in [-0.2, -0.15) is 0 Å². The van der Waals surface area contributed by atoms with Crippen molar-refractivity contribution in [2.75, 3.05) is 9.80 Å². The summed E-state index contributed by atoms with van der Waals surface area (Å²) in [4.78, 5) is 9.82. The molecule has 3 heterocycles. The van der Waals surface area contributed by atoms with Gasteiger partial charge in [-0.25, -0.2) is 4.98 Å². The molecule has 0 N–H and O–H groups in total. The van der Waals surface area contributed by atoms with E-state index in [1.54, 1.807) is 0 Å². The number of pyridine rings is 1. The van der Waals surface area contributed by atoms with Crippen molar-refractivity contribution >= 4 is 33.2 Å². The van der Waals surface area contributed by atoms with E-state index < -0.39 is 5.41 Å². The number of para-hydroxylation sites is 1. The first-order chi connectivity index (χ1) is 34.6. The van der Waals surface area contributed by atoms with E-state index in [1.807, 2.05) is 6.20 Å². The molecule has 0 amide bonds. The molecule has 7 aromatic carbocycles. The van der Waals surface area contributed by atoms with Crippen molar-refractivity contribution in [2.45, 2.75) is 106 Å². The van der Waals surface area contributed by atoms with Crippen molar-refractivity contribution in [2.24, 2.45) is 10.8 Å². The van der Waals surface area contributed by atoms with E-state index in [0.29, 0.717) is 11.5 Å². The third kappa shape index (κ3) is 9.77. The molecule has 0 spiro atoms. The maximum absolute atomic E-state index is 7.29. The number of aromatic nitrogens is 2. The van der Waals surface area contributed by atoms with Crippen LogP contribution in [0.2, 0.25) is 0 Å². The van der Waals surface area contributed by atoms with E-state index in [2.05, 4.69) is 293 Å². The van der Waals surface area contributed by atoms with Gasteiger partial charge in [-0.05, 0) is 74.4 Å². The molecule has 74 heavy (non-hydrogen) atoms. The molecule has 1 aliphatic heterocycles. The largest absolute Gasteiger partial charge is 0.509 e. The second-order valence-corrected chi connectivity index (χ2v) is 23.9. The zero-order chi connectivity index (χ0) is 51.7. The first kappa shape index (κ1) is 52.2. The quantitative estimate of drug-likeness (QED) is 0.128. The molecule has 0 aliphatic carbocycles. The van der Waals surface area contributed by atoms with Gasteiger partial charge in [0.1, 0.15) is 5.82 Å². The topological polar surface area (TPSA) is 33.5 Å². The Bertz CT molecular complexity index is 3510. The fraction of sp³-hybridized carbons (Fsp3) is 0.265. The number of benzene rings is 7. The molecule has 0 unspecified atom stereocenters. The summed E-state index contributed by atoms with van der Waals surface area (Å²) in [7, 11) is 0. The van der Waals surface area contributed by atoms with Crippen LogP contribution in [0.3, 0.4) is 0 Å². The SMILES string of the molecule is CC(C)(C)C1=C(C(C)(C)C)N(c2cccc(C(C)(C)c3ccccc3)c2)[CH-]N1c1[c-]c(Oc2[c-]c3c(c(C(C)(C)c4ccccc4)c2)c2ccccc2n3-c2cc(C(C)(C)C)ccn2)cc(-c2ccccc2)c1.[Pt]. The minimum atomic E-state index is -0.430. The number of hydrogen-bond donors (Lipinski definition) is 0. The van der Waals surface area contributed by atoms with Crippen LogP contribution in [0.15, 0.2) is 187 Å². The molecular weight excluding hydrogens is 1080 g/mol. The van der Waals surface area contributed by atoms with Crippen LogP contribution in [0.25, 0.3) is 38.8 Å². The number of anilines is 2. The van der Waals surface area contributed by atoms with Crippen LogP contribution < -0.4 is 14.5 Å². The average molecular weight is 1150 g/mol. The Morgan fingerprint density at radius 2 is 1.04 bits per heavy atom. The predicted octanol–water partition coefficient (Wildman–Crippen LogP) is 17.9. The average Bonchev–Trinajstić information content (AvgIpc) is 3.95. The van der Waals surface area contributed by atoms with Gasteiger partial charge in [0.05, 0.1) is 0 Å². The third-order valence-electron chi connectivity index (χ3n) is 14.8. The third-order valence-corrected chi connectivity index (χ3v) is 14.8. The standard InChI is InChI=1S/C68H69N4O.Pt/c1-64(2,3)50-36-37-69-60(41-50)72-58-35-24-23-34-56(58)61-57(68(12,13)49-30-21-16-22-31-49)43-55(44-59(61)72)73-54-39-47(46-26-17-14-18-27-46)38-53(42-54)71-45-70(62(65(4,5)6)63(71)66(7,8)9)52-33-25-32-51(40-52)67(10,11)48-28-19-15-20-29-48;/h14-41,43,45H,1-13H3;/q-3;. The van der Waals surface area contributed by atoms with Crippen molar-refractivity contribution < 1.29 is 25.8 Å². The Morgan fingerprint density at radius 1 is 0.473 bits per heavy atom. The first-order valence-corrected chi connectivity index (χ1v) is 25.8. The van der Waals surface area contributed by atoms with Gasteiger partial charge < -0.3 is 19.1 Å². The summed E-state index contributed by atoms with van der Waals surface area (Å²) in [6, 6.07) is 68.6. The van der Waals surface area contributed by atoms with Crippen LogP contribution >= 0.6 is 0 Å². The van der Waals surface area contributed by atoms with Gasteiger partial charge in [0.15, 0.2) is 0 Å². The molecule has 0 saturated heterocycles. The summed E-state index contributed by atoms with van der Waals surface area (Å²) >= 11 is 0.